The van der Waals surface area contributed by atoms with Crippen molar-refractivity contribution in [1.82, 2.24) is 5.32 Å². The highest BCUT2D eigenvalue weighted by Crippen LogP contribution is 2.29. The van der Waals surface area contributed by atoms with Gasteiger partial charge in [0.15, 0.2) is 0 Å². The van der Waals surface area contributed by atoms with Crippen LogP contribution < -0.4 is 5.32 Å². The maximum absolute atomic E-state index is 14.0. The molecule has 0 amide bonds. The summed E-state index contributed by atoms with van der Waals surface area (Å²) in [6, 6.07) is 2.84. The third kappa shape index (κ3) is 3.52. The van der Waals surface area contributed by atoms with Crippen molar-refractivity contribution in [2.45, 2.75) is 40.0 Å². The summed E-state index contributed by atoms with van der Waals surface area (Å²) in [5, 5.41) is 3.29. The van der Waals surface area contributed by atoms with Gasteiger partial charge in [-0.05, 0) is 49.9 Å². The molecule has 0 aromatic heterocycles. The van der Waals surface area contributed by atoms with E-state index < -0.39 is 11.6 Å². The summed E-state index contributed by atoms with van der Waals surface area (Å²) in [6.45, 7) is 9.40. The fraction of sp³-hybridized carbons (Fsp3) is 0.600. The van der Waals surface area contributed by atoms with Crippen LogP contribution in [0.5, 0.6) is 0 Å². The molecule has 1 aromatic rings. The first kappa shape index (κ1) is 15.1. The molecule has 1 rings (SSSR count). The monoisotopic (exact) mass is 255 g/mol. The van der Waals surface area contributed by atoms with Gasteiger partial charge in [-0.2, -0.15) is 0 Å². The summed E-state index contributed by atoms with van der Waals surface area (Å²) in [6.07, 6.45) is 1.06. The molecule has 0 fully saturated rings. The fourth-order valence-electron chi connectivity index (χ4n) is 2.06. The molecule has 0 aliphatic rings. The maximum Gasteiger partial charge on any atom is 0.132 e. The van der Waals surface area contributed by atoms with E-state index in [0.29, 0.717) is 5.56 Å². The smallest absolute Gasteiger partial charge is 0.132 e. The highest BCUT2D eigenvalue weighted by atomic mass is 19.1. The van der Waals surface area contributed by atoms with E-state index in [4.69, 9.17) is 0 Å². The van der Waals surface area contributed by atoms with Gasteiger partial charge in [0.05, 0.1) is 0 Å². The Morgan fingerprint density at radius 1 is 1.22 bits per heavy atom. The number of aryl methyl sites for hydroxylation is 1. The van der Waals surface area contributed by atoms with Crippen LogP contribution in [-0.4, -0.2) is 13.1 Å². The average Bonchev–Trinajstić information content (AvgIpc) is 2.34. The fourth-order valence-corrected chi connectivity index (χ4v) is 2.06. The summed E-state index contributed by atoms with van der Waals surface area (Å²) in [4.78, 5) is 0. The lowest BCUT2D eigenvalue weighted by Gasteiger charge is -2.22. The maximum atomic E-state index is 14.0. The van der Waals surface area contributed by atoms with Gasteiger partial charge < -0.3 is 5.32 Å². The largest absolute Gasteiger partial charge is 0.316 e. The second-order valence-electron chi connectivity index (χ2n) is 5.06. The molecule has 0 aliphatic heterocycles. The van der Waals surface area contributed by atoms with E-state index in [1.165, 1.54) is 12.1 Å². The average molecular weight is 255 g/mol. The Hall–Kier alpha value is -0.960. The zero-order valence-corrected chi connectivity index (χ0v) is 11.7. The van der Waals surface area contributed by atoms with Crippen LogP contribution in [0.15, 0.2) is 12.1 Å². The molecule has 3 heteroatoms. The molecule has 0 saturated carbocycles. The Bertz CT molecular complexity index is 390. The van der Waals surface area contributed by atoms with Gasteiger partial charge in [-0.15, -0.1) is 0 Å². The Morgan fingerprint density at radius 2 is 1.89 bits per heavy atom. The van der Waals surface area contributed by atoms with Crippen molar-refractivity contribution in [1.29, 1.82) is 0 Å². The molecule has 2 unspecified atom stereocenters. The van der Waals surface area contributed by atoms with Crippen LogP contribution in [0.4, 0.5) is 8.78 Å². The van der Waals surface area contributed by atoms with Crippen LogP contribution in [0.25, 0.3) is 0 Å². The van der Waals surface area contributed by atoms with Crippen LogP contribution in [0.3, 0.4) is 0 Å². The van der Waals surface area contributed by atoms with Gasteiger partial charge in [0, 0.05) is 5.56 Å². The topological polar surface area (TPSA) is 12.0 Å². The molecule has 1 aromatic carbocycles. The van der Waals surface area contributed by atoms with Gasteiger partial charge in [-0.3, -0.25) is 0 Å². The van der Waals surface area contributed by atoms with Crippen LogP contribution in [0, 0.1) is 24.5 Å². The van der Waals surface area contributed by atoms with Gasteiger partial charge in [0.1, 0.15) is 11.6 Å². The van der Waals surface area contributed by atoms with E-state index in [1.807, 2.05) is 13.8 Å². The molecular weight excluding hydrogens is 232 g/mol. The molecule has 0 radical (unpaired) electrons. The van der Waals surface area contributed by atoms with E-state index in [-0.39, 0.29) is 17.4 Å². The first-order chi connectivity index (χ1) is 8.49. The van der Waals surface area contributed by atoms with Crippen LogP contribution in [0.2, 0.25) is 0 Å². The summed E-state index contributed by atoms with van der Waals surface area (Å²) in [5.41, 5.74) is 0.729. The Balaban J connectivity index is 2.83. The molecule has 0 aliphatic carbocycles. The van der Waals surface area contributed by atoms with Gasteiger partial charge in [-0.25, -0.2) is 8.78 Å². The molecule has 102 valence electrons. The number of nitrogens with one attached hydrogen (secondary N) is 1. The highest BCUT2D eigenvalue weighted by Gasteiger charge is 2.22. The molecular formula is C15H23F2N. The lowest BCUT2D eigenvalue weighted by molar-refractivity contribution is 0.417. The zero-order chi connectivity index (χ0) is 13.7. The third-order valence-corrected chi connectivity index (χ3v) is 3.52. The minimum Gasteiger partial charge on any atom is -0.316 e. The third-order valence-electron chi connectivity index (χ3n) is 3.52. The highest BCUT2D eigenvalue weighted by molar-refractivity contribution is 5.29. The molecule has 1 nitrogen and oxygen atoms in total. The quantitative estimate of drug-likeness (QED) is 0.757. The van der Waals surface area contributed by atoms with Gasteiger partial charge >= 0.3 is 0 Å². The van der Waals surface area contributed by atoms with Crippen LogP contribution in [0.1, 0.15) is 44.2 Å². The van der Waals surface area contributed by atoms with Crippen molar-refractivity contribution >= 4 is 0 Å². The Morgan fingerprint density at radius 3 is 2.50 bits per heavy atom. The van der Waals surface area contributed by atoms with Crippen LogP contribution in [-0.2, 0) is 0 Å². The predicted molar refractivity (Wildman–Crippen MR) is 71.8 cm³/mol. The molecule has 0 spiro atoms. The summed E-state index contributed by atoms with van der Waals surface area (Å²) in [7, 11) is 0. The molecule has 2 atom stereocenters. The summed E-state index contributed by atoms with van der Waals surface area (Å²) < 4.78 is 27.8. The second kappa shape index (κ2) is 6.83. The van der Waals surface area contributed by atoms with Crippen molar-refractivity contribution in [3.63, 3.8) is 0 Å². The number of halogens is 2. The predicted octanol–water partition coefficient (Wildman–Crippen LogP) is 4.01. The van der Waals surface area contributed by atoms with Crippen molar-refractivity contribution in [2.24, 2.45) is 5.92 Å². The summed E-state index contributed by atoms with van der Waals surface area (Å²) >= 11 is 0. The first-order valence-electron chi connectivity index (χ1n) is 6.64. The minimum atomic E-state index is -0.437. The lowest BCUT2D eigenvalue weighted by Crippen LogP contribution is -2.26. The number of rotatable bonds is 6. The van der Waals surface area contributed by atoms with Crippen molar-refractivity contribution in [3.05, 3.63) is 34.9 Å². The van der Waals surface area contributed by atoms with E-state index in [9.17, 15) is 8.78 Å². The molecule has 0 saturated heterocycles. The normalized spacial score (nSPS) is 14.6. The second-order valence-corrected chi connectivity index (χ2v) is 5.06. The Kier molecular flexibility index (Phi) is 5.73. The molecule has 0 heterocycles. The van der Waals surface area contributed by atoms with Crippen molar-refractivity contribution in [2.75, 3.05) is 13.1 Å². The Labute approximate surface area is 109 Å². The van der Waals surface area contributed by atoms with E-state index in [0.717, 1.165) is 19.5 Å². The van der Waals surface area contributed by atoms with E-state index in [1.54, 1.807) is 6.92 Å². The zero-order valence-electron chi connectivity index (χ0n) is 11.7. The summed E-state index contributed by atoms with van der Waals surface area (Å²) in [5.74, 6) is -0.769. The van der Waals surface area contributed by atoms with Gasteiger partial charge in [-0.1, -0.05) is 26.8 Å². The SMILES string of the molecule is CCCNCC(C)C(C)c1c(F)ccc(C)c1F. The molecule has 0 bridgehead atoms. The van der Waals surface area contributed by atoms with E-state index >= 15 is 0 Å². The number of hydrogen-bond acceptors (Lipinski definition) is 1. The molecule has 18 heavy (non-hydrogen) atoms. The minimum absolute atomic E-state index is 0.130. The number of hydrogen-bond donors (Lipinski definition) is 1. The molecule has 1 N–H and O–H groups in total. The number of benzene rings is 1. The van der Waals surface area contributed by atoms with Gasteiger partial charge in [0.25, 0.3) is 0 Å². The standard InChI is InChI=1S/C15H23F2N/c1-5-8-18-9-11(3)12(4)14-13(16)7-6-10(2)15(14)17/h6-7,11-12,18H,5,8-9H2,1-4H3. The lowest BCUT2D eigenvalue weighted by atomic mass is 9.87. The van der Waals surface area contributed by atoms with E-state index in [2.05, 4.69) is 12.2 Å². The van der Waals surface area contributed by atoms with Gasteiger partial charge in [0.2, 0.25) is 0 Å². The van der Waals surface area contributed by atoms with Crippen LogP contribution >= 0.6 is 0 Å². The first-order valence-corrected chi connectivity index (χ1v) is 6.64. The van der Waals surface area contributed by atoms with Crippen molar-refractivity contribution in [3.8, 4) is 0 Å². The van der Waals surface area contributed by atoms with Crippen molar-refractivity contribution < 1.29 is 8.78 Å².